The van der Waals surface area contributed by atoms with Gasteiger partial charge in [-0.05, 0) is 69.8 Å². The summed E-state index contributed by atoms with van der Waals surface area (Å²) in [5.74, 6) is 0.609. The van der Waals surface area contributed by atoms with E-state index in [1.807, 2.05) is 36.4 Å². The number of H-pyrrole nitrogens is 1. The zero-order valence-electron chi connectivity index (χ0n) is 31.8. The van der Waals surface area contributed by atoms with Crippen molar-refractivity contribution in [1.82, 2.24) is 15.0 Å². The fourth-order valence-corrected chi connectivity index (χ4v) is 8.66. The highest BCUT2D eigenvalue weighted by Gasteiger charge is 2.29. The zero-order valence-corrected chi connectivity index (χ0v) is 32.6. The second kappa shape index (κ2) is 14.4. The molecule has 278 valence electrons. The lowest BCUT2D eigenvalue weighted by atomic mass is 9.96. The predicted molar refractivity (Wildman–Crippen MR) is 245 cm³/mol. The van der Waals surface area contributed by atoms with E-state index in [0.29, 0.717) is 11.0 Å². The van der Waals surface area contributed by atoms with Gasteiger partial charge < -0.3 is 9.88 Å². The lowest BCUT2D eigenvalue weighted by molar-refractivity contribution is 1.18. The molecule has 0 unspecified atom stereocenters. The monoisotopic (exact) mass is 774 g/mol. The van der Waals surface area contributed by atoms with Crippen LogP contribution in [0.4, 0.5) is 17.1 Å². The van der Waals surface area contributed by atoms with Gasteiger partial charge in [-0.25, -0.2) is 9.97 Å². The van der Waals surface area contributed by atoms with Crippen LogP contribution in [-0.2, 0) is 0 Å². The Morgan fingerprint density at radius 2 is 0.932 bits per heavy atom. The van der Waals surface area contributed by atoms with E-state index in [1.165, 1.54) is 38.8 Å². The van der Waals surface area contributed by atoms with E-state index in [4.69, 9.17) is 16.6 Å². The lowest BCUT2D eigenvalue weighted by Crippen LogP contribution is -2.11. The number of nitrogens with one attached hydrogen (secondary N) is 1. The molecule has 5 heteroatoms. The Balaban J connectivity index is 1.02. The topological polar surface area (TPSA) is 44.8 Å². The third-order valence-corrected chi connectivity index (χ3v) is 11.5. The summed E-state index contributed by atoms with van der Waals surface area (Å²) in [6.45, 7) is 0. The van der Waals surface area contributed by atoms with Gasteiger partial charge in [-0.15, -0.1) is 0 Å². The Morgan fingerprint density at radius 1 is 0.407 bits per heavy atom. The van der Waals surface area contributed by atoms with Crippen molar-refractivity contribution in [3.63, 3.8) is 0 Å². The Kier molecular flexibility index (Phi) is 8.49. The predicted octanol–water partition coefficient (Wildman–Crippen LogP) is 15.1. The smallest absolute Gasteiger partial charge is 0.161 e. The SMILES string of the molecule is Clc1cc(-c2ccc(-c3ccc4c5c([nH]c4c3)-c3ccccc3N(c3cc(-c4ccccc4)cc(-c4ccccc4)c3)c3ccccc3-5)cc2)nc(-c2ccccc2)n1. The number of fused-ring (bicyclic) bond motifs is 7. The van der Waals surface area contributed by atoms with Gasteiger partial charge in [0.1, 0.15) is 5.15 Å². The number of aromatic amines is 1. The van der Waals surface area contributed by atoms with Crippen LogP contribution >= 0.6 is 11.6 Å². The van der Waals surface area contributed by atoms with Gasteiger partial charge in [0, 0.05) is 50.5 Å². The molecule has 0 saturated heterocycles. The summed E-state index contributed by atoms with van der Waals surface area (Å²) in [6.07, 6.45) is 0. The molecule has 1 aliphatic rings. The Morgan fingerprint density at radius 3 is 1.59 bits per heavy atom. The van der Waals surface area contributed by atoms with Crippen LogP contribution in [0.2, 0.25) is 5.15 Å². The maximum absolute atomic E-state index is 6.49. The number of anilines is 3. The van der Waals surface area contributed by atoms with Crippen molar-refractivity contribution in [3.8, 4) is 78.4 Å². The number of halogens is 1. The van der Waals surface area contributed by atoms with Crippen LogP contribution in [0.1, 0.15) is 0 Å². The highest BCUT2D eigenvalue weighted by atomic mass is 35.5. The largest absolute Gasteiger partial charge is 0.354 e. The van der Waals surface area contributed by atoms with Gasteiger partial charge in [0.25, 0.3) is 0 Å². The van der Waals surface area contributed by atoms with Crippen LogP contribution in [0.3, 0.4) is 0 Å². The van der Waals surface area contributed by atoms with Gasteiger partial charge in [-0.2, -0.15) is 0 Å². The number of rotatable bonds is 6. The molecule has 0 radical (unpaired) electrons. The maximum Gasteiger partial charge on any atom is 0.161 e. The van der Waals surface area contributed by atoms with Crippen molar-refractivity contribution in [3.05, 3.63) is 211 Å². The zero-order chi connectivity index (χ0) is 39.3. The summed E-state index contributed by atoms with van der Waals surface area (Å²) in [4.78, 5) is 15.7. The van der Waals surface area contributed by atoms with Gasteiger partial charge in [0.2, 0.25) is 0 Å². The molecule has 11 rings (SSSR count). The molecule has 2 aromatic heterocycles. The molecule has 0 bridgehead atoms. The number of hydrogen-bond donors (Lipinski definition) is 1. The molecule has 4 nitrogen and oxygen atoms in total. The number of hydrogen-bond acceptors (Lipinski definition) is 3. The number of nitrogens with zero attached hydrogens (tertiary/aromatic N) is 3. The number of para-hydroxylation sites is 2. The first-order valence-corrected chi connectivity index (χ1v) is 20.1. The summed E-state index contributed by atoms with van der Waals surface area (Å²) in [5, 5.41) is 1.59. The van der Waals surface area contributed by atoms with Crippen molar-refractivity contribution < 1.29 is 0 Å². The van der Waals surface area contributed by atoms with Crippen molar-refractivity contribution >= 4 is 39.6 Å². The summed E-state index contributed by atoms with van der Waals surface area (Å²) in [6, 6.07) is 72.9. The van der Waals surface area contributed by atoms with Gasteiger partial charge in [0.15, 0.2) is 5.82 Å². The summed E-state index contributed by atoms with van der Waals surface area (Å²) < 4.78 is 0. The number of benzene rings is 8. The molecule has 0 aliphatic carbocycles. The Bertz CT molecular complexity index is 3100. The van der Waals surface area contributed by atoms with Crippen LogP contribution in [-0.4, -0.2) is 15.0 Å². The fraction of sp³-hybridized carbons (Fsp3) is 0. The van der Waals surface area contributed by atoms with E-state index in [2.05, 4.69) is 185 Å². The van der Waals surface area contributed by atoms with Crippen molar-refractivity contribution in [2.75, 3.05) is 4.90 Å². The van der Waals surface area contributed by atoms with Crippen molar-refractivity contribution in [2.45, 2.75) is 0 Å². The molecule has 0 atom stereocenters. The first kappa shape index (κ1) is 34.7. The van der Waals surface area contributed by atoms with Crippen LogP contribution in [0, 0.1) is 0 Å². The average molecular weight is 775 g/mol. The number of aromatic nitrogens is 3. The quantitative estimate of drug-likeness (QED) is 0.171. The standard InChI is InChI=1S/C54H35ClN4/c55-51-34-47(57-54(58-51)39-18-8-3-9-19-39)38-26-24-37(25-27-38)40-28-29-44-48(33-40)56-53-46-21-11-13-23-50(46)59(49-22-12-10-20-45(49)52(44)53)43-31-41(35-14-4-1-5-15-35)30-42(32-43)36-16-6-2-7-17-36/h1-34,56H. The van der Waals surface area contributed by atoms with Gasteiger partial charge in [-0.1, -0.05) is 175 Å². The molecule has 0 amide bonds. The average Bonchev–Trinajstić information content (AvgIpc) is 3.63. The van der Waals surface area contributed by atoms with E-state index < -0.39 is 0 Å². The molecule has 0 fully saturated rings. The molecular weight excluding hydrogens is 740 g/mol. The van der Waals surface area contributed by atoms with E-state index in [-0.39, 0.29) is 0 Å². The second-order valence-electron chi connectivity index (χ2n) is 14.8. The highest BCUT2D eigenvalue weighted by Crippen LogP contribution is 2.53. The Hall–Kier alpha value is -7.53. The van der Waals surface area contributed by atoms with Crippen molar-refractivity contribution in [1.29, 1.82) is 0 Å². The maximum atomic E-state index is 6.49. The van der Waals surface area contributed by atoms with Gasteiger partial charge in [0.05, 0.1) is 22.8 Å². The summed E-state index contributed by atoms with van der Waals surface area (Å²) >= 11 is 6.49. The van der Waals surface area contributed by atoms with Crippen LogP contribution < -0.4 is 4.90 Å². The molecule has 1 aliphatic heterocycles. The molecule has 0 saturated carbocycles. The minimum Gasteiger partial charge on any atom is -0.354 e. The Labute approximate surface area is 347 Å². The minimum absolute atomic E-state index is 0.416. The molecule has 59 heavy (non-hydrogen) atoms. The van der Waals surface area contributed by atoms with E-state index in [0.717, 1.165) is 61.8 Å². The molecule has 1 N–H and O–H groups in total. The molecule has 3 heterocycles. The fourth-order valence-electron chi connectivity index (χ4n) is 8.48. The van der Waals surface area contributed by atoms with Gasteiger partial charge >= 0.3 is 0 Å². The molecular formula is C54H35ClN4. The molecule has 8 aromatic carbocycles. The van der Waals surface area contributed by atoms with E-state index >= 15 is 0 Å². The van der Waals surface area contributed by atoms with E-state index in [9.17, 15) is 0 Å². The van der Waals surface area contributed by atoms with Crippen LogP contribution in [0.15, 0.2) is 206 Å². The second-order valence-corrected chi connectivity index (χ2v) is 15.2. The van der Waals surface area contributed by atoms with Gasteiger partial charge in [-0.3, -0.25) is 0 Å². The summed E-state index contributed by atoms with van der Waals surface area (Å²) in [7, 11) is 0. The summed E-state index contributed by atoms with van der Waals surface area (Å²) in [5.41, 5.74) is 18.7. The van der Waals surface area contributed by atoms with E-state index in [1.54, 1.807) is 0 Å². The highest BCUT2D eigenvalue weighted by molar-refractivity contribution is 6.29. The lowest BCUT2D eigenvalue weighted by Gasteiger charge is -2.28. The first-order valence-electron chi connectivity index (χ1n) is 19.8. The molecule has 0 spiro atoms. The first-order chi connectivity index (χ1) is 29.1. The normalized spacial score (nSPS) is 11.8. The third kappa shape index (κ3) is 6.27. The van der Waals surface area contributed by atoms with Crippen molar-refractivity contribution in [2.24, 2.45) is 0 Å². The van der Waals surface area contributed by atoms with Crippen LogP contribution in [0.25, 0.3) is 89.3 Å². The van der Waals surface area contributed by atoms with Crippen LogP contribution in [0.5, 0.6) is 0 Å². The minimum atomic E-state index is 0.416. The molecule has 10 aromatic rings. The third-order valence-electron chi connectivity index (χ3n) is 11.3.